The summed E-state index contributed by atoms with van der Waals surface area (Å²) >= 11 is 4.07. The Morgan fingerprint density at radius 1 is 1.36 bits per heavy atom. The van der Waals surface area contributed by atoms with E-state index in [1.165, 1.54) is 6.07 Å². The van der Waals surface area contributed by atoms with Crippen LogP contribution in [0.3, 0.4) is 0 Å². The Labute approximate surface area is 90.6 Å². The van der Waals surface area contributed by atoms with Crippen molar-refractivity contribution in [3.05, 3.63) is 35.5 Å². The Morgan fingerprint density at radius 3 is 2.45 bits per heavy atom. The first-order chi connectivity index (χ1) is 5.11. The third kappa shape index (κ3) is 2.26. The van der Waals surface area contributed by atoms with Gasteiger partial charge in [0.25, 0.3) is 5.69 Å². The van der Waals surface area contributed by atoms with Crippen molar-refractivity contribution >= 4 is 50.9 Å². The van der Waals surface area contributed by atoms with Crippen LogP contribution in [0, 0.1) is 17.3 Å². The van der Waals surface area contributed by atoms with Crippen LogP contribution in [-0.4, -0.2) is 4.92 Å². The van der Waals surface area contributed by atoms with Crippen molar-refractivity contribution in [3.63, 3.8) is 0 Å². The zero-order valence-electron chi connectivity index (χ0n) is 5.25. The molecular formula is C6H3I2NO2. The van der Waals surface area contributed by atoms with Gasteiger partial charge in [0.1, 0.15) is 0 Å². The van der Waals surface area contributed by atoms with E-state index in [-0.39, 0.29) is 10.6 Å². The molecule has 0 aliphatic rings. The van der Waals surface area contributed by atoms with E-state index < -0.39 is 0 Å². The van der Waals surface area contributed by atoms with Gasteiger partial charge >= 0.3 is 0 Å². The highest BCUT2D eigenvalue weighted by atomic mass is 127. The smallest absolute Gasteiger partial charge is 0.258 e. The fraction of sp³-hybridized carbons (Fsp3) is 0. The zero-order chi connectivity index (χ0) is 8.43. The summed E-state index contributed by atoms with van der Waals surface area (Å²) < 4.78 is 1.69. The van der Waals surface area contributed by atoms with E-state index in [2.05, 4.69) is 22.6 Å². The highest BCUT2D eigenvalue weighted by Gasteiger charge is 2.09. The van der Waals surface area contributed by atoms with E-state index in [1.807, 2.05) is 22.6 Å². The van der Waals surface area contributed by atoms with Gasteiger partial charge in [-0.05, 0) is 57.3 Å². The van der Waals surface area contributed by atoms with Gasteiger partial charge in [0.15, 0.2) is 0 Å². The first-order valence-corrected chi connectivity index (χ1v) is 4.86. The van der Waals surface area contributed by atoms with Crippen LogP contribution >= 0.6 is 45.2 Å². The fourth-order valence-corrected chi connectivity index (χ4v) is 2.43. The molecule has 3 nitrogen and oxygen atoms in total. The van der Waals surface area contributed by atoms with E-state index in [0.717, 1.165) is 3.57 Å². The summed E-state index contributed by atoms with van der Waals surface area (Å²) in [6.07, 6.45) is 0. The Hall–Kier alpha value is 0.0800. The number of nitro benzene ring substituents is 1. The Balaban J connectivity index is 3.20. The van der Waals surface area contributed by atoms with E-state index >= 15 is 0 Å². The fourth-order valence-electron chi connectivity index (χ4n) is 0.629. The molecule has 1 aromatic rings. The van der Waals surface area contributed by atoms with E-state index in [0.29, 0.717) is 3.57 Å². The molecule has 1 rings (SSSR count). The number of halogens is 2. The van der Waals surface area contributed by atoms with Crippen LogP contribution in [0.15, 0.2) is 18.2 Å². The summed E-state index contributed by atoms with van der Waals surface area (Å²) in [7, 11) is 0. The molecule has 11 heavy (non-hydrogen) atoms. The molecule has 58 valence electrons. The minimum atomic E-state index is -0.377. The van der Waals surface area contributed by atoms with Gasteiger partial charge in [-0.2, -0.15) is 0 Å². The van der Waals surface area contributed by atoms with Gasteiger partial charge in [-0.25, -0.2) is 0 Å². The molecule has 0 aliphatic heterocycles. The molecule has 0 radical (unpaired) electrons. The predicted octanol–water partition coefficient (Wildman–Crippen LogP) is 2.80. The number of rotatable bonds is 1. The number of nitrogens with zero attached hydrogens (tertiary/aromatic N) is 1. The molecule has 0 saturated carbocycles. The molecule has 0 amide bonds. The van der Waals surface area contributed by atoms with Crippen LogP contribution < -0.4 is 0 Å². The maximum Gasteiger partial charge on any atom is 0.282 e. The van der Waals surface area contributed by atoms with Gasteiger partial charge in [-0.3, -0.25) is 10.1 Å². The van der Waals surface area contributed by atoms with E-state index in [9.17, 15) is 10.1 Å². The second-order valence-corrected chi connectivity index (χ2v) is 4.26. The molecule has 0 atom stereocenters. The summed E-state index contributed by atoms with van der Waals surface area (Å²) in [6.45, 7) is 0. The number of hydrogen-bond acceptors (Lipinski definition) is 2. The average molecular weight is 375 g/mol. The van der Waals surface area contributed by atoms with Crippen molar-refractivity contribution in [2.24, 2.45) is 0 Å². The number of nitro groups is 1. The Morgan fingerprint density at radius 2 is 2.00 bits per heavy atom. The normalized spacial score (nSPS) is 9.64. The van der Waals surface area contributed by atoms with Crippen molar-refractivity contribution in [1.29, 1.82) is 0 Å². The molecule has 0 fully saturated rings. The number of benzene rings is 1. The lowest BCUT2D eigenvalue weighted by Crippen LogP contribution is -1.90. The van der Waals surface area contributed by atoms with Gasteiger partial charge in [0, 0.05) is 9.64 Å². The Kier molecular flexibility index (Phi) is 3.05. The van der Waals surface area contributed by atoms with Gasteiger partial charge in [-0.1, -0.05) is 0 Å². The highest BCUT2D eigenvalue weighted by Crippen LogP contribution is 2.22. The molecule has 0 aromatic heterocycles. The minimum Gasteiger partial charge on any atom is -0.258 e. The predicted molar refractivity (Wildman–Crippen MR) is 58.5 cm³/mol. The van der Waals surface area contributed by atoms with Crippen molar-refractivity contribution in [2.45, 2.75) is 0 Å². The van der Waals surface area contributed by atoms with Crippen molar-refractivity contribution < 1.29 is 4.92 Å². The summed E-state index contributed by atoms with van der Waals surface area (Å²) in [6, 6.07) is 5.02. The number of hydrogen-bond donors (Lipinski definition) is 0. The molecule has 0 spiro atoms. The standard InChI is InChI=1S/C6H3I2NO2/c7-4-1-2-6(9(10)11)5(8)3-4/h1-3H. The van der Waals surface area contributed by atoms with Crippen LogP contribution in [0.25, 0.3) is 0 Å². The van der Waals surface area contributed by atoms with Crippen molar-refractivity contribution in [2.75, 3.05) is 0 Å². The lowest BCUT2D eigenvalue weighted by atomic mass is 10.3. The maximum absolute atomic E-state index is 10.3. The Bertz CT molecular complexity index is 301. The third-order valence-electron chi connectivity index (χ3n) is 1.11. The van der Waals surface area contributed by atoms with Gasteiger partial charge in [-0.15, -0.1) is 0 Å². The molecule has 0 N–H and O–H groups in total. The molecule has 0 heterocycles. The summed E-state index contributed by atoms with van der Waals surface area (Å²) in [4.78, 5) is 9.95. The average Bonchev–Trinajstić information content (AvgIpc) is 1.85. The van der Waals surface area contributed by atoms with Crippen LogP contribution in [0.2, 0.25) is 0 Å². The second kappa shape index (κ2) is 3.65. The van der Waals surface area contributed by atoms with Crippen LogP contribution in [0.1, 0.15) is 0 Å². The molecule has 0 unspecified atom stereocenters. The quantitative estimate of drug-likeness (QED) is 0.431. The zero-order valence-corrected chi connectivity index (χ0v) is 9.57. The molecule has 5 heteroatoms. The van der Waals surface area contributed by atoms with Crippen LogP contribution in [-0.2, 0) is 0 Å². The molecular weight excluding hydrogens is 372 g/mol. The third-order valence-corrected chi connectivity index (χ3v) is 2.64. The van der Waals surface area contributed by atoms with Crippen molar-refractivity contribution in [1.82, 2.24) is 0 Å². The lowest BCUT2D eigenvalue weighted by Gasteiger charge is -1.94. The SMILES string of the molecule is O=[N+]([O-])c1ccc(I)cc1I. The first kappa shape index (κ1) is 9.17. The van der Waals surface area contributed by atoms with E-state index in [4.69, 9.17) is 0 Å². The molecule has 1 aromatic carbocycles. The van der Waals surface area contributed by atoms with Crippen LogP contribution in [0.4, 0.5) is 5.69 Å². The highest BCUT2D eigenvalue weighted by molar-refractivity contribution is 14.1. The lowest BCUT2D eigenvalue weighted by molar-refractivity contribution is -0.385. The second-order valence-electron chi connectivity index (χ2n) is 1.85. The maximum atomic E-state index is 10.3. The van der Waals surface area contributed by atoms with Gasteiger partial charge < -0.3 is 0 Å². The summed E-state index contributed by atoms with van der Waals surface area (Å²) in [5, 5.41) is 10.3. The summed E-state index contributed by atoms with van der Waals surface area (Å²) in [5.41, 5.74) is 0.172. The van der Waals surface area contributed by atoms with Gasteiger partial charge in [0.05, 0.1) is 8.49 Å². The topological polar surface area (TPSA) is 43.1 Å². The van der Waals surface area contributed by atoms with E-state index in [1.54, 1.807) is 12.1 Å². The van der Waals surface area contributed by atoms with Crippen LogP contribution in [0.5, 0.6) is 0 Å². The molecule has 0 bridgehead atoms. The largest absolute Gasteiger partial charge is 0.282 e. The first-order valence-electron chi connectivity index (χ1n) is 2.70. The minimum absolute atomic E-state index is 0.172. The summed E-state index contributed by atoms with van der Waals surface area (Å²) in [5.74, 6) is 0. The molecule has 0 aliphatic carbocycles. The van der Waals surface area contributed by atoms with Crippen molar-refractivity contribution in [3.8, 4) is 0 Å². The molecule has 0 saturated heterocycles. The monoisotopic (exact) mass is 375 g/mol. The van der Waals surface area contributed by atoms with Gasteiger partial charge in [0.2, 0.25) is 0 Å².